The number of nitrogens with zero attached hydrogens (tertiary/aromatic N) is 1. The van der Waals surface area contributed by atoms with Gasteiger partial charge < -0.3 is 25.4 Å². The summed E-state index contributed by atoms with van der Waals surface area (Å²) in [4.78, 5) is 36.6. The van der Waals surface area contributed by atoms with Crippen molar-refractivity contribution in [2.75, 3.05) is 32.6 Å². The molecule has 0 spiro atoms. The van der Waals surface area contributed by atoms with E-state index in [-0.39, 0.29) is 25.0 Å². The van der Waals surface area contributed by atoms with Crippen LogP contribution in [-0.4, -0.2) is 49.9 Å². The Balaban J connectivity index is 1.92. The minimum atomic E-state index is -0.586. The lowest BCUT2D eigenvalue weighted by molar-refractivity contribution is -0.120. The van der Waals surface area contributed by atoms with Gasteiger partial charge in [0.25, 0.3) is 11.8 Å². The number of hydrogen-bond acceptors (Lipinski definition) is 5. The summed E-state index contributed by atoms with van der Waals surface area (Å²) in [6, 6.07) is 13.1. The topological polar surface area (TPSA) is 111 Å². The third kappa shape index (κ3) is 6.03. The van der Waals surface area contributed by atoms with Crippen LogP contribution in [0, 0.1) is 0 Å². The van der Waals surface area contributed by atoms with E-state index in [1.54, 1.807) is 48.5 Å². The summed E-state index contributed by atoms with van der Waals surface area (Å²) in [6.45, 7) is -0.354. The second-order valence-electron chi connectivity index (χ2n) is 5.72. The van der Waals surface area contributed by atoms with E-state index in [0.717, 1.165) is 0 Å². The Hall–Kier alpha value is -3.55. The Bertz CT molecular complexity index is 820. The molecule has 0 atom stereocenters. The van der Waals surface area contributed by atoms with Crippen LogP contribution in [0.1, 0.15) is 10.4 Å². The molecular weight excluding hydrogens is 350 g/mol. The Labute approximate surface area is 156 Å². The predicted molar refractivity (Wildman–Crippen MR) is 99.7 cm³/mol. The molecule has 2 aromatic rings. The number of likely N-dealkylation sites (N-methyl/N-ethyl adjacent to an activating group) is 1. The highest BCUT2D eigenvalue weighted by molar-refractivity contribution is 5.99. The fourth-order valence-electron chi connectivity index (χ4n) is 2.26. The summed E-state index contributed by atoms with van der Waals surface area (Å²) >= 11 is 0. The predicted octanol–water partition coefficient (Wildman–Crippen LogP) is 1.27. The minimum Gasteiger partial charge on any atom is -0.497 e. The number of anilines is 1. The number of methoxy groups -OCH3 is 1. The molecule has 8 heteroatoms. The van der Waals surface area contributed by atoms with Gasteiger partial charge in [0.15, 0.2) is 6.61 Å². The number of nitrogens with two attached hydrogens (primary N) is 1. The molecule has 0 aliphatic heterocycles. The van der Waals surface area contributed by atoms with Crippen LogP contribution < -0.4 is 20.5 Å². The lowest BCUT2D eigenvalue weighted by atomic mass is 10.2. The highest BCUT2D eigenvalue weighted by atomic mass is 16.5. The molecule has 142 valence electrons. The van der Waals surface area contributed by atoms with Crippen LogP contribution in [0.25, 0.3) is 0 Å². The molecule has 0 saturated carbocycles. The first-order valence-corrected chi connectivity index (χ1v) is 8.09. The van der Waals surface area contributed by atoms with Crippen molar-refractivity contribution < 1.29 is 23.9 Å². The second-order valence-corrected chi connectivity index (χ2v) is 5.72. The zero-order valence-electron chi connectivity index (χ0n) is 15.1. The number of hydrogen-bond donors (Lipinski definition) is 2. The lowest BCUT2D eigenvalue weighted by Crippen LogP contribution is -2.34. The Morgan fingerprint density at radius 3 is 2.41 bits per heavy atom. The Morgan fingerprint density at radius 1 is 1.07 bits per heavy atom. The van der Waals surface area contributed by atoms with E-state index in [2.05, 4.69) is 5.32 Å². The highest BCUT2D eigenvalue weighted by Crippen LogP contribution is 2.17. The maximum atomic E-state index is 12.4. The molecule has 2 aromatic carbocycles. The Kier molecular flexibility index (Phi) is 6.76. The quantitative estimate of drug-likeness (QED) is 0.726. The molecule has 2 rings (SSSR count). The average Bonchev–Trinajstić information content (AvgIpc) is 2.66. The fourth-order valence-corrected chi connectivity index (χ4v) is 2.26. The van der Waals surface area contributed by atoms with Crippen molar-refractivity contribution in [1.82, 2.24) is 4.90 Å². The van der Waals surface area contributed by atoms with Crippen molar-refractivity contribution in [1.29, 1.82) is 0 Å². The number of carbonyl (C=O) groups excluding carboxylic acids is 3. The summed E-state index contributed by atoms with van der Waals surface area (Å²) in [6.07, 6.45) is 0. The molecular formula is C19H21N3O5. The van der Waals surface area contributed by atoms with E-state index < -0.39 is 5.91 Å². The van der Waals surface area contributed by atoms with Gasteiger partial charge in [-0.15, -0.1) is 0 Å². The van der Waals surface area contributed by atoms with Gasteiger partial charge in [-0.2, -0.15) is 0 Å². The molecule has 0 radical (unpaired) electrons. The monoisotopic (exact) mass is 371 g/mol. The van der Waals surface area contributed by atoms with Crippen molar-refractivity contribution in [3.05, 3.63) is 54.1 Å². The van der Waals surface area contributed by atoms with Crippen molar-refractivity contribution in [3.63, 3.8) is 0 Å². The largest absolute Gasteiger partial charge is 0.497 e. The SMILES string of the molecule is COc1cccc(NC(=O)CN(C)C(=O)c2ccc(OCC(N)=O)cc2)c1. The van der Waals surface area contributed by atoms with E-state index >= 15 is 0 Å². The first-order chi connectivity index (χ1) is 12.9. The zero-order valence-corrected chi connectivity index (χ0v) is 15.1. The van der Waals surface area contributed by atoms with Crippen LogP contribution >= 0.6 is 0 Å². The van der Waals surface area contributed by atoms with Gasteiger partial charge in [0, 0.05) is 24.4 Å². The van der Waals surface area contributed by atoms with Gasteiger partial charge in [0.1, 0.15) is 11.5 Å². The summed E-state index contributed by atoms with van der Waals surface area (Å²) in [7, 11) is 3.07. The number of amides is 3. The number of primary amides is 1. The van der Waals surface area contributed by atoms with Crippen LogP contribution in [0.4, 0.5) is 5.69 Å². The maximum absolute atomic E-state index is 12.4. The Morgan fingerprint density at radius 2 is 1.78 bits per heavy atom. The molecule has 0 aliphatic rings. The van der Waals surface area contributed by atoms with Crippen molar-refractivity contribution in [2.45, 2.75) is 0 Å². The smallest absolute Gasteiger partial charge is 0.255 e. The fraction of sp³-hybridized carbons (Fsp3) is 0.211. The van der Waals surface area contributed by atoms with Crippen molar-refractivity contribution >= 4 is 23.4 Å². The molecule has 0 saturated heterocycles. The molecule has 0 aromatic heterocycles. The number of benzene rings is 2. The summed E-state index contributed by atoms with van der Waals surface area (Å²) in [5, 5.41) is 2.71. The molecule has 27 heavy (non-hydrogen) atoms. The number of carbonyl (C=O) groups is 3. The molecule has 0 fully saturated rings. The zero-order chi connectivity index (χ0) is 19.8. The highest BCUT2D eigenvalue weighted by Gasteiger charge is 2.15. The summed E-state index contributed by atoms with van der Waals surface area (Å²) in [5.74, 6) is -0.200. The van der Waals surface area contributed by atoms with E-state index in [4.69, 9.17) is 15.2 Å². The first-order valence-electron chi connectivity index (χ1n) is 8.09. The average molecular weight is 371 g/mol. The van der Waals surface area contributed by atoms with Crippen LogP contribution in [0.15, 0.2) is 48.5 Å². The minimum absolute atomic E-state index is 0.115. The van der Waals surface area contributed by atoms with Gasteiger partial charge in [-0.3, -0.25) is 14.4 Å². The summed E-state index contributed by atoms with van der Waals surface area (Å²) < 4.78 is 10.2. The van der Waals surface area contributed by atoms with Crippen molar-refractivity contribution in [3.8, 4) is 11.5 Å². The van der Waals surface area contributed by atoms with Crippen LogP contribution in [0.3, 0.4) is 0 Å². The second kappa shape index (κ2) is 9.23. The van der Waals surface area contributed by atoms with Crippen LogP contribution in [0.2, 0.25) is 0 Å². The third-order valence-corrected chi connectivity index (χ3v) is 3.56. The molecule has 8 nitrogen and oxygen atoms in total. The van der Waals surface area contributed by atoms with Crippen LogP contribution in [-0.2, 0) is 9.59 Å². The van der Waals surface area contributed by atoms with Gasteiger partial charge in [0.2, 0.25) is 5.91 Å². The van der Waals surface area contributed by atoms with E-state index in [1.807, 2.05) is 0 Å². The molecule has 3 N–H and O–H groups in total. The van der Waals surface area contributed by atoms with Crippen LogP contribution in [0.5, 0.6) is 11.5 Å². The molecule has 0 aliphatic carbocycles. The lowest BCUT2D eigenvalue weighted by Gasteiger charge is -2.17. The van der Waals surface area contributed by atoms with Gasteiger partial charge in [-0.1, -0.05) is 6.07 Å². The van der Waals surface area contributed by atoms with Gasteiger partial charge in [-0.25, -0.2) is 0 Å². The van der Waals surface area contributed by atoms with Crippen molar-refractivity contribution in [2.24, 2.45) is 5.73 Å². The van der Waals surface area contributed by atoms with E-state index in [1.165, 1.54) is 19.1 Å². The van der Waals surface area contributed by atoms with Gasteiger partial charge in [-0.05, 0) is 36.4 Å². The first kappa shape index (κ1) is 19.8. The normalized spacial score (nSPS) is 10.0. The number of rotatable bonds is 8. The molecule has 0 bridgehead atoms. The standard InChI is InChI=1S/C19H21N3O5/c1-22(11-18(24)21-14-4-3-5-16(10-14)26-2)19(25)13-6-8-15(9-7-13)27-12-17(20)23/h3-10H,11-12H2,1-2H3,(H2,20,23)(H,21,24). The van der Waals surface area contributed by atoms with E-state index in [9.17, 15) is 14.4 Å². The summed E-state index contributed by atoms with van der Waals surface area (Å²) in [5.41, 5.74) is 5.97. The molecule has 3 amide bonds. The third-order valence-electron chi connectivity index (χ3n) is 3.56. The maximum Gasteiger partial charge on any atom is 0.255 e. The van der Waals surface area contributed by atoms with Gasteiger partial charge in [0.05, 0.1) is 13.7 Å². The number of ether oxygens (including phenoxy) is 2. The molecule has 0 unspecified atom stereocenters. The van der Waals surface area contributed by atoms with Gasteiger partial charge >= 0.3 is 0 Å². The number of nitrogens with one attached hydrogen (secondary N) is 1. The molecule has 0 heterocycles. The van der Waals surface area contributed by atoms with E-state index in [0.29, 0.717) is 22.7 Å².